The summed E-state index contributed by atoms with van der Waals surface area (Å²) in [5.41, 5.74) is 3.68. The van der Waals surface area contributed by atoms with Crippen molar-refractivity contribution < 1.29 is 17.6 Å². The molecule has 2 rings (SSSR count). The number of nitrogens with one attached hydrogen (secondary N) is 1. The Morgan fingerprint density at radius 2 is 1.72 bits per heavy atom. The fourth-order valence-corrected chi connectivity index (χ4v) is 2.91. The Morgan fingerprint density at radius 3 is 2.32 bits per heavy atom. The molecule has 132 valence electrons. The van der Waals surface area contributed by atoms with E-state index in [4.69, 9.17) is 0 Å². The van der Waals surface area contributed by atoms with Gasteiger partial charge in [-0.15, -0.1) is 0 Å². The summed E-state index contributed by atoms with van der Waals surface area (Å²) in [6.45, 7) is 1.67. The van der Waals surface area contributed by atoms with Crippen LogP contribution in [-0.4, -0.2) is 38.4 Å². The molecule has 0 saturated heterocycles. The fraction of sp³-hybridized carbons (Fsp3) is 0.176. The molecule has 0 saturated carbocycles. The third-order valence-electron chi connectivity index (χ3n) is 3.46. The molecule has 1 N–H and O–H groups in total. The van der Waals surface area contributed by atoms with Gasteiger partial charge in [0.2, 0.25) is 10.0 Å². The number of carbonyl (C=O) groups is 1. The highest BCUT2D eigenvalue weighted by Crippen LogP contribution is 2.15. The molecule has 2 aromatic rings. The molecule has 0 fully saturated rings. The van der Waals surface area contributed by atoms with Gasteiger partial charge in [-0.3, -0.25) is 4.79 Å². The van der Waals surface area contributed by atoms with Crippen LogP contribution in [0.5, 0.6) is 0 Å². The molecule has 2 aromatic carbocycles. The van der Waals surface area contributed by atoms with Crippen LogP contribution >= 0.6 is 0 Å². The highest BCUT2D eigenvalue weighted by atomic mass is 32.2. The van der Waals surface area contributed by atoms with E-state index in [2.05, 4.69) is 10.5 Å². The van der Waals surface area contributed by atoms with Gasteiger partial charge in [0.15, 0.2) is 0 Å². The largest absolute Gasteiger partial charge is 0.271 e. The molecule has 1 amide bonds. The standard InChI is InChI=1S/C17H18FN3O3S/c1-12(13-7-9-15(18)10-8-13)19-20-17(22)14-5-4-6-16(11-14)25(23,24)21(2)3/h4-11H,1-3H3,(H,20,22)/b19-12-. The maximum absolute atomic E-state index is 12.9. The van der Waals surface area contributed by atoms with E-state index < -0.39 is 15.9 Å². The molecule has 0 aromatic heterocycles. The average molecular weight is 363 g/mol. The van der Waals surface area contributed by atoms with E-state index in [1.807, 2.05) is 0 Å². The van der Waals surface area contributed by atoms with Crippen molar-refractivity contribution in [2.24, 2.45) is 5.10 Å². The van der Waals surface area contributed by atoms with E-state index in [0.29, 0.717) is 11.3 Å². The van der Waals surface area contributed by atoms with Crippen molar-refractivity contribution in [1.29, 1.82) is 0 Å². The van der Waals surface area contributed by atoms with Gasteiger partial charge in [-0.05, 0) is 42.8 Å². The van der Waals surface area contributed by atoms with Crippen molar-refractivity contribution in [2.75, 3.05) is 14.1 Å². The van der Waals surface area contributed by atoms with E-state index in [1.54, 1.807) is 19.1 Å². The van der Waals surface area contributed by atoms with Gasteiger partial charge >= 0.3 is 0 Å². The number of carbonyl (C=O) groups excluding carboxylic acids is 1. The van der Waals surface area contributed by atoms with Gasteiger partial charge < -0.3 is 0 Å². The van der Waals surface area contributed by atoms with Gasteiger partial charge in [0.05, 0.1) is 10.6 Å². The average Bonchev–Trinajstić information content (AvgIpc) is 2.60. The summed E-state index contributed by atoms with van der Waals surface area (Å²) in [6.07, 6.45) is 0. The van der Waals surface area contributed by atoms with Crippen molar-refractivity contribution in [3.63, 3.8) is 0 Å². The molecule has 0 atom stereocenters. The Kier molecular flexibility index (Phi) is 5.66. The van der Waals surface area contributed by atoms with Crippen LogP contribution in [0.25, 0.3) is 0 Å². The Morgan fingerprint density at radius 1 is 1.08 bits per heavy atom. The maximum atomic E-state index is 12.9. The van der Waals surface area contributed by atoms with Crippen LogP contribution in [0, 0.1) is 5.82 Å². The first-order chi connectivity index (χ1) is 11.7. The summed E-state index contributed by atoms with van der Waals surface area (Å²) >= 11 is 0. The number of hydrogen-bond donors (Lipinski definition) is 1. The van der Waals surface area contributed by atoms with E-state index in [1.165, 1.54) is 50.5 Å². The molecule has 0 heterocycles. The number of hydrazone groups is 1. The molecule has 0 unspecified atom stereocenters. The molecule has 0 spiro atoms. The zero-order valence-electron chi connectivity index (χ0n) is 14.0. The zero-order valence-corrected chi connectivity index (χ0v) is 14.8. The van der Waals surface area contributed by atoms with Gasteiger partial charge in [0.1, 0.15) is 5.82 Å². The molecule has 8 heteroatoms. The topological polar surface area (TPSA) is 78.8 Å². The van der Waals surface area contributed by atoms with E-state index >= 15 is 0 Å². The molecule has 0 aliphatic carbocycles. The van der Waals surface area contributed by atoms with Gasteiger partial charge in [-0.25, -0.2) is 22.5 Å². The van der Waals surface area contributed by atoms with E-state index in [9.17, 15) is 17.6 Å². The van der Waals surface area contributed by atoms with Crippen LogP contribution in [0.3, 0.4) is 0 Å². The van der Waals surface area contributed by atoms with Crippen molar-refractivity contribution in [1.82, 2.24) is 9.73 Å². The minimum atomic E-state index is -3.63. The lowest BCUT2D eigenvalue weighted by molar-refractivity contribution is 0.0954. The Bertz CT molecular complexity index is 907. The minimum absolute atomic E-state index is 0.0180. The number of halogens is 1. The first kappa shape index (κ1) is 18.8. The van der Waals surface area contributed by atoms with E-state index in [0.717, 1.165) is 4.31 Å². The highest BCUT2D eigenvalue weighted by Gasteiger charge is 2.18. The Hall–Kier alpha value is -2.58. The third kappa shape index (κ3) is 4.49. The second-order valence-electron chi connectivity index (χ2n) is 5.46. The zero-order chi connectivity index (χ0) is 18.6. The monoisotopic (exact) mass is 363 g/mol. The van der Waals surface area contributed by atoms with Gasteiger partial charge in [-0.2, -0.15) is 5.10 Å². The summed E-state index contributed by atoms with van der Waals surface area (Å²) < 4.78 is 38.2. The normalized spacial score (nSPS) is 12.3. The summed E-state index contributed by atoms with van der Waals surface area (Å²) in [4.78, 5) is 12.2. The number of rotatable bonds is 5. The van der Waals surface area contributed by atoms with E-state index in [-0.39, 0.29) is 16.3 Å². The quantitative estimate of drug-likeness (QED) is 0.654. The van der Waals surface area contributed by atoms with Gasteiger partial charge in [0.25, 0.3) is 5.91 Å². The van der Waals surface area contributed by atoms with Crippen LogP contribution in [0.15, 0.2) is 58.5 Å². The highest BCUT2D eigenvalue weighted by molar-refractivity contribution is 7.89. The lowest BCUT2D eigenvalue weighted by Gasteiger charge is -2.12. The Balaban J connectivity index is 2.19. The SMILES string of the molecule is C/C(=N/NC(=O)c1cccc(S(=O)(=O)N(C)C)c1)c1ccc(F)cc1. The summed E-state index contributed by atoms with van der Waals surface area (Å²) in [6, 6.07) is 11.4. The molecule has 0 radical (unpaired) electrons. The van der Waals surface area contributed by atoms with Crippen LogP contribution < -0.4 is 5.43 Å². The maximum Gasteiger partial charge on any atom is 0.271 e. The van der Waals surface area contributed by atoms with Crippen molar-refractivity contribution >= 4 is 21.6 Å². The molecule has 0 aliphatic heterocycles. The van der Waals surface area contributed by atoms with Crippen LogP contribution in [0.4, 0.5) is 4.39 Å². The van der Waals surface area contributed by atoms with Crippen LogP contribution in [0.2, 0.25) is 0 Å². The predicted octanol–water partition coefficient (Wildman–Crippen LogP) is 2.23. The van der Waals surface area contributed by atoms with Crippen molar-refractivity contribution in [3.05, 3.63) is 65.5 Å². The molecular formula is C17H18FN3O3S. The first-order valence-electron chi connectivity index (χ1n) is 7.35. The number of amides is 1. The number of sulfonamides is 1. The smallest absolute Gasteiger partial charge is 0.267 e. The first-order valence-corrected chi connectivity index (χ1v) is 8.79. The number of benzene rings is 2. The molecule has 25 heavy (non-hydrogen) atoms. The fourth-order valence-electron chi connectivity index (χ4n) is 1.96. The molecule has 6 nitrogen and oxygen atoms in total. The van der Waals surface area contributed by atoms with Crippen LogP contribution in [0.1, 0.15) is 22.8 Å². The third-order valence-corrected chi connectivity index (χ3v) is 5.27. The molecule has 0 bridgehead atoms. The lowest BCUT2D eigenvalue weighted by Crippen LogP contribution is -2.23. The minimum Gasteiger partial charge on any atom is -0.267 e. The molecular weight excluding hydrogens is 345 g/mol. The Labute approximate surface area is 146 Å². The van der Waals surface area contributed by atoms with Crippen LogP contribution in [-0.2, 0) is 10.0 Å². The summed E-state index contributed by atoms with van der Waals surface area (Å²) in [5, 5.41) is 3.96. The van der Waals surface area contributed by atoms with Crippen molar-refractivity contribution in [3.8, 4) is 0 Å². The van der Waals surface area contributed by atoms with Gasteiger partial charge in [-0.1, -0.05) is 18.2 Å². The summed E-state index contributed by atoms with van der Waals surface area (Å²) in [5.74, 6) is -0.906. The van der Waals surface area contributed by atoms with Crippen molar-refractivity contribution in [2.45, 2.75) is 11.8 Å². The number of nitrogens with zero attached hydrogens (tertiary/aromatic N) is 2. The molecule has 0 aliphatic rings. The second-order valence-corrected chi connectivity index (χ2v) is 7.61. The summed E-state index contributed by atoms with van der Waals surface area (Å²) in [7, 11) is -0.799. The lowest BCUT2D eigenvalue weighted by atomic mass is 10.1. The number of hydrogen-bond acceptors (Lipinski definition) is 4. The van der Waals surface area contributed by atoms with Gasteiger partial charge in [0, 0.05) is 19.7 Å². The predicted molar refractivity (Wildman–Crippen MR) is 93.4 cm³/mol. The second kappa shape index (κ2) is 7.54.